The van der Waals surface area contributed by atoms with Crippen molar-refractivity contribution in [1.82, 2.24) is 4.98 Å². The third kappa shape index (κ3) is 2.24. The third-order valence-electron chi connectivity index (χ3n) is 2.56. The first-order valence-corrected chi connectivity index (χ1v) is 5.00. The molecule has 0 amide bonds. The molecule has 0 spiro atoms. The van der Waals surface area contributed by atoms with Crippen LogP contribution in [-0.4, -0.2) is 10.1 Å². The zero-order valence-electron chi connectivity index (χ0n) is 9.04. The Balaban J connectivity index is 2.68. The molecule has 1 aromatic heterocycles. The lowest BCUT2D eigenvalue weighted by Gasteiger charge is -2.09. The molecule has 1 aromatic carbocycles. The second-order valence-corrected chi connectivity index (χ2v) is 3.82. The standard InChI is InChI=1S/C12H10F3NO/c1-7-4-9(6-17)16-11-5-8(12(13,14)15)2-3-10(7)11/h2-5,17H,6H2,1H3. The number of alkyl halides is 3. The summed E-state index contributed by atoms with van der Waals surface area (Å²) in [6, 6.07) is 5.11. The zero-order valence-corrected chi connectivity index (χ0v) is 9.04. The first-order valence-electron chi connectivity index (χ1n) is 5.00. The van der Waals surface area contributed by atoms with Crippen molar-refractivity contribution < 1.29 is 18.3 Å². The van der Waals surface area contributed by atoms with Gasteiger partial charge in [-0.3, -0.25) is 4.98 Å². The molecule has 0 aliphatic carbocycles. The van der Waals surface area contributed by atoms with E-state index in [1.54, 1.807) is 13.0 Å². The summed E-state index contributed by atoms with van der Waals surface area (Å²) in [5.74, 6) is 0. The number of hydrogen-bond acceptors (Lipinski definition) is 2. The van der Waals surface area contributed by atoms with Crippen molar-refractivity contribution in [2.75, 3.05) is 0 Å². The van der Waals surface area contributed by atoms with E-state index in [1.165, 1.54) is 6.07 Å². The molecular formula is C12H10F3NO. The highest BCUT2D eigenvalue weighted by molar-refractivity contribution is 5.82. The lowest BCUT2D eigenvalue weighted by molar-refractivity contribution is -0.137. The van der Waals surface area contributed by atoms with Crippen molar-refractivity contribution >= 4 is 10.9 Å². The number of aliphatic hydroxyl groups is 1. The fourth-order valence-corrected chi connectivity index (χ4v) is 1.73. The molecule has 0 fully saturated rings. The molecule has 0 bridgehead atoms. The fourth-order valence-electron chi connectivity index (χ4n) is 1.73. The average Bonchev–Trinajstić information content (AvgIpc) is 2.27. The van der Waals surface area contributed by atoms with Crippen LogP contribution in [0.25, 0.3) is 10.9 Å². The number of nitrogens with zero attached hydrogens (tertiary/aromatic N) is 1. The van der Waals surface area contributed by atoms with Crippen LogP contribution in [0.4, 0.5) is 13.2 Å². The average molecular weight is 241 g/mol. The molecule has 5 heteroatoms. The van der Waals surface area contributed by atoms with Gasteiger partial charge in [-0.05, 0) is 30.7 Å². The molecule has 0 atom stereocenters. The minimum atomic E-state index is -4.38. The van der Waals surface area contributed by atoms with Crippen LogP contribution >= 0.6 is 0 Å². The van der Waals surface area contributed by atoms with Gasteiger partial charge in [-0.1, -0.05) is 6.07 Å². The third-order valence-corrected chi connectivity index (χ3v) is 2.56. The summed E-state index contributed by atoms with van der Waals surface area (Å²) in [6.07, 6.45) is -4.38. The molecule has 17 heavy (non-hydrogen) atoms. The second kappa shape index (κ2) is 4.00. The van der Waals surface area contributed by atoms with E-state index >= 15 is 0 Å². The number of halogens is 3. The van der Waals surface area contributed by atoms with Gasteiger partial charge in [0, 0.05) is 5.39 Å². The summed E-state index contributed by atoms with van der Waals surface area (Å²) in [4.78, 5) is 3.98. The van der Waals surface area contributed by atoms with E-state index in [9.17, 15) is 13.2 Å². The van der Waals surface area contributed by atoms with Crippen molar-refractivity contribution in [1.29, 1.82) is 0 Å². The van der Waals surface area contributed by atoms with Crippen molar-refractivity contribution in [3.8, 4) is 0 Å². The van der Waals surface area contributed by atoms with Crippen molar-refractivity contribution in [3.05, 3.63) is 41.1 Å². The van der Waals surface area contributed by atoms with Gasteiger partial charge in [-0.2, -0.15) is 13.2 Å². The molecule has 2 aromatic rings. The number of fused-ring (bicyclic) bond motifs is 1. The zero-order chi connectivity index (χ0) is 12.6. The van der Waals surface area contributed by atoms with E-state index in [2.05, 4.69) is 4.98 Å². The van der Waals surface area contributed by atoms with Crippen LogP contribution in [0.2, 0.25) is 0 Å². The van der Waals surface area contributed by atoms with Gasteiger partial charge in [-0.15, -0.1) is 0 Å². The first kappa shape index (κ1) is 11.9. The van der Waals surface area contributed by atoms with Gasteiger partial charge in [-0.25, -0.2) is 0 Å². The molecule has 1 heterocycles. The minimum absolute atomic E-state index is 0.254. The monoisotopic (exact) mass is 241 g/mol. The van der Waals surface area contributed by atoms with E-state index in [0.29, 0.717) is 11.1 Å². The summed E-state index contributed by atoms with van der Waals surface area (Å²) in [5.41, 5.74) is 0.693. The molecule has 0 unspecified atom stereocenters. The van der Waals surface area contributed by atoms with Crippen LogP contribution in [0.3, 0.4) is 0 Å². The summed E-state index contributed by atoms with van der Waals surface area (Å²) < 4.78 is 37.6. The summed E-state index contributed by atoms with van der Waals surface area (Å²) in [5, 5.41) is 9.63. The number of aliphatic hydroxyl groups excluding tert-OH is 1. The number of benzene rings is 1. The lowest BCUT2D eigenvalue weighted by Crippen LogP contribution is -2.05. The van der Waals surface area contributed by atoms with Crippen LogP contribution in [0.15, 0.2) is 24.3 Å². The number of pyridine rings is 1. The number of aryl methyl sites for hydroxylation is 1. The molecule has 0 radical (unpaired) electrons. The number of hydrogen-bond donors (Lipinski definition) is 1. The van der Waals surface area contributed by atoms with Gasteiger partial charge in [0.25, 0.3) is 0 Å². The maximum atomic E-state index is 12.5. The Morgan fingerprint density at radius 1 is 1.24 bits per heavy atom. The Labute approximate surface area is 95.7 Å². The van der Waals surface area contributed by atoms with Gasteiger partial charge in [0.1, 0.15) is 0 Å². The number of rotatable bonds is 1. The Bertz CT molecular complexity index is 563. The van der Waals surface area contributed by atoms with Gasteiger partial charge in [0.05, 0.1) is 23.4 Å². The topological polar surface area (TPSA) is 33.1 Å². The fraction of sp³-hybridized carbons (Fsp3) is 0.250. The van der Waals surface area contributed by atoms with E-state index in [1.807, 2.05) is 0 Å². The molecule has 0 saturated heterocycles. The molecular weight excluding hydrogens is 231 g/mol. The van der Waals surface area contributed by atoms with E-state index < -0.39 is 11.7 Å². The van der Waals surface area contributed by atoms with Crippen LogP contribution in [0, 0.1) is 6.92 Å². The largest absolute Gasteiger partial charge is 0.416 e. The molecule has 2 nitrogen and oxygen atoms in total. The Morgan fingerprint density at radius 2 is 1.94 bits per heavy atom. The van der Waals surface area contributed by atoms with Gasteiger partial charge in [0.15, 0.2) is 0 Å². The van der Waals surface area contributed by atoms with Gasteiger partial charge >= 0.3 is 6.18 Å². The smallest absolute Gasteiger partial charge is 0.390 e. The SMILES string of the molecule is Cc1cc(CO)nc2cc(C(F)(F)F)ccc12. The molecule has 0 saturated carbocycles. The van der Waals surface area contributed by atoms with Crippen LogP contribution in [0.1, 0.15) is 16.8 Å². The van der Waals surface area contributed by atoms with Crippen LogP contribution < -0.4 is 0 Å². The van der Waals surface area contributed by atoms with Crippen molar-refractivity contribution in [2.24, 2.45) is 0 Å². The lowest BCUT2D eigenvalue weighted by atomic mass is 10.1. The Kier molecular flexibility index (Phi) is 2.79. The predicted octanol–water partition coefficient (Wildman–Crippen LogP) is 3.05. The highest BCUT2D eigenvalue weighted by Crippen LogP contribution is 2.31. The van der Waals surface area contributed by atoms with E-state index in [-0.39, 0.29) is 12.1 Å². The summed E-state index contributed by atoms with van der Waals surface area (Å²) in [6.45, 7) is 1.49. The highest BCUT2D eigenvalue weighted by Gasteiger charge is 2.30. The van der Waals surface area contributed by atoms with Crippen LogP contribution in [-0.2, 0) is 12.8 Å². The second-order valence-electron chi connectivity index (χ2n) is 3.82. The quantitative estimate of drug-likeness (QED) is 0.832. The maximum absolute atomic E-state index is 12.5. The molecule has 0 aliphatic heterocycles. The maximum Gasteiger partial charge on any atom is 0.416 e. The van der Waals surface area contributed by atoms with E-state index in [4.69, 9.17) is 5.11 Å². The Morgan fingerprint density at radius 3 is 2.53 bits per heavy atom. The molecule has 90 valence electrons. The molecule has 0 aliphatic rings. The predicted molar refractivity (Wildman–Crippen MR) is 57.4 cm³/mol. The highest BCUT2D eigenvalue weighted by atomic mass is 19.4. The minimum Gasteiger partial charge on any atom is -0.390 e. The van der Waals surface area contributed by atoms with Gasteiger partial charge in [0.2, 0.25) is 0 Å². The van der Waals surface area contributed by atoms with Gasteiger partial charge < -0.3 is 5.11 Å². The Hall–Kier alpha value is -1.62. The summed E-state index contributed by atoms with van der Waals surface area (Å²) in [7, 11) is 0. The number of aromatic nitrogens is 1. The van der Waals surface area contributed by atoms with Crippen molar-refractivity contribution in [2.45, 2.75) is 19.7 Å². The molecule has 1 N–H and O–H groups in total. The van der Waals surface area contributed by atoms with Crippen molar-refractivity contribution in [3.63, 3.8) is 0 Å². The first-order chi connectivity index (χ1) is 7.91. The van der Waals surface area contributed by atoms with E-state index in [0.717, 1.165) is 17.7 Å². The normalized spacial score (nSPS) is 12.1. The molecule has 2 rings (SSSR count). The van der Waals surface area contributed by atoms with Crippen LogP contribution in [0.5, 0.6) is 0 Å². The summed E-state index contributed by atoms with van der Waals surface area (Å²) >= 11 is 0.